The van der Waals surface area contributed by atoms with E-state index in [-0.39, 0.29) is 5.54 Å². The number of hydrogen-bond acceptors (Lipinski definition) is 3. The Morgan fingerprint density at radius 1 is 1.41 bits per heavy atom. The third kappa shape index (κ3) is 2.86. The minimum absolute atomic E-state index is 0.0500. The summed E-state index contributed by atoms with van der Waals surface area (Å²) in [4.78, 5) is 4.34. The lowest BCUT2D eigenvalue weighted by Crippen LogP contribution is -2.45. The van der Waals surface area contributed by atoms with Crippen molar-refractivity contribution in [2.75, 3.05) is 0 Å². The lowest BCUT2D eigenvalue weighted by Gasteiger charge is -2.36. The standard InChI is InChI=1S/C13H24N4/c1-3-11-5-7-13(14,8-6-11)9-12-15-10-16-17(12)4-2/h10-11H,3-9,14H2,1-2H3. The minimum Gasteiger partial charge on any atom is -0.325 e. The fraction of sp³-hybridized carbons (Fsp3) is 0.846. The van der Waals surface area contributed by atoms with E-state index >= 15 is 0 Å². The van der Waals surface area contributed by atoms with Crippen LogP contribution in [0.2, 0.25) is 0 Å². The Kier molecular flexibility index (Phi) is 3.82. The molecule has 0 radical (unpaired) electrons. The quantitative estimate of drug-likeness (QED) is 0.871. The Hall–Kier alpha value is -0.900. The van der Waals surface area contributed by atoms with Crippen molar-refractivity contribution in [2.45, 2.75) is 64.5 Å². The molecule has 1 saturated carbocycles. The first-order chi connectivity index (χ1) is 8.17. The van der Waals surface area contributed by atoms with Crippen LogP contribution in [0.4, 0.5) is 0 Å². The highest BCUT2D eigenvalue weighted by molar-refractivity contribution is 4.99. The number of rotatable bonds is 4. The van der Waals surface area contributed by atoms with E-state index in [1.807, 2.05) is 4.68 Å². The topological polar surface area (TPSA) is 56.7 Å². The zero-order valence-electron chi connectivity index (χ0n) is 11.0. The van der Waals surface area contributed by atoms with Gasteiger partial charge in [0.05, 0.1) is 0 Å². The van der Waals surface area contributed by atoms with Gasteiger partial charge >= 0.3 is 0 Å². The number of nitrogens with zero attached hydrogens (tertiary/aromatic N) is 3. The van der Waals surface area contributed by atoms with Gasteiger partial charge in [0.15, 0.2) is 0 Å². The van der Waals surface area contributed by atoms with Crippen molar-refractivity contribution in [3.8, 4) is 0 Å². The van der Waals surface area contributed by atoms with Crippen molar-refractivity contribution in [2.24, 2.45) is 11.7 Å². The van der Waals surface area contributed by atoms with Crippen LogP contribution >= 0.6 is 0 Å². The molecule has 0 bridgehead atoms. The summed E-state index contributed by atoms with van der Waals surface area (Å²) >= 11 is 0. The molecule has 0 unspecified atom stereocenters. The molecule has 1 aliphatic carbocycles. The van der Waals surface area contributed by atoms with Gasteiger partial charge in [0.2, 0.25) is 0 Å². The van der Waals surface area contributed by atoms with Crippen LogP contribution in [0.5, 0.6) is 0 Å². The Labute approximate surface area is 104 Å². The number of aromatic nitrogens is 3. The average molecular weight is 236 g/mol. The van der Waals surface area contributed by atoms with Crippen molar-refractivity contribution in [3.63, 3.8) is 0 Å². The maximum absolute atomic E-state index is 6.51. The van der Waals surface area contributed by atoms with Gasteiger partial charge in [0, 0.05) is 18.5 Å². The molecule has 96 valence electrons. The molecule has 0 amide bonds. The highest BCUT2D eigenvalue weighted by Crippen LogP contribution is 2.33. The number of hydrogen-bond donors (Lipinski definition) is 1. The summed E-state index contributed by atoms with van der Waals surface area (Å²) in [5, 5.41) is 4.21. The highest BCUT2D eigenvalue weighted by Gasteiger charge is 2.32. The Bertz CT molecular complexity index is 350. The van der Waals surface area contributed by atoms with Crippen molar-refractivity contribution >= 4 is 0 Å². The second kappa shape index (κ2) is 5.17. The van der Waals surface area contributed by atoms with Gasteiger partial charge in [-0.25, -0.2) is 4.98 Å². The molecule has 1 fully saturated rings. The SMILES string of the molecule is CCC1CCC(N)(Cc2ncnn2CC)CC1. The van der Waals surface area contributed by atoms with E-state index in [2.05, 4.69) is 23.9 Å². The molecule has 4 nitrogen and oxygen atoms in total. The van der Waals surface area contributed by atoms with Crippen molar-refractivity contribution < 1.29 is 0 Å². The summed E-state index contributed by atoms with van der Waals surface area (Å²) in [6.07, 6.45) is 8.60. The molecule has 0 aliphatic heterocycles. The first-order valence-corrected chi connectivity index (χ1v) is 6.82. The predicted molar refractivity (Wildman–Crippen MR) is 68.6 cm³/mol. The predicted octanol–water partition coefficient (Wildman–Crippen LogP) is 2.14. The highest BCUT2D eigenvalue weighted by atomic mass is 15.3. The molecule has 1 aliphatic rings. The second-order valence-electron chi connectivity index (χ2n) is 5.38. The molecule has 17 heavy (non-hydrogen) atoms. The van der Waals surface area contributed by atoms with Gasteiger partial charge in [-0.15, -0.1) is 0 Å². The van der Waals surface area contributed by atoms with E-state index in [1.54, 1.807) is 6.33 Å². The minimum atomic E-state index is -0.0500. The smallest absolute Gasteiger partial charge is 0.138 e. The van der Waals surface area contributed by atoms with Gasteiger partial charge in [0.1, 0.15) is 12.2 Å². The number of nitrogens with two attached hydrogens (primary N) is 1. The summed E-state index contributed by atoms with van der Waals surface area (Å²) in [5.41, 5.74) is 6.46. The zero-order valence-corrected chi connectivity index (χ0v) is 11.0. The molecule has 4 heteroatoms. The van der Waals surface area contributed by atoms with E-state index in [0.29, 0.717) is 0 Å². The van der Waals surface area contributed by atoms with Gasteiger partial charge in [-0.2, -0.15) is 5.10 Å². The van der Waals surface area contributed by atoms with Crippen LogP contribution < -0.4 is 5.73 Å². The van der Waals surface area contributed by atoms with E-state index < -0.39 is 0 Å². The van der Waals surface area contributed by atoms with E-state index in [1.165, 1.54) is 19.3 Å². The molecule has 1 aromatic rings. The molecule has 0 aromatic carbocycles. The Balaban J connectivity index is 1.99. The second-order valence-corrected chi connectivity index (χ2v) is 5.38. The van der Waals surface area contributed by atoms with Gasteiger partial charge in [0.25, 0.3) is 0 Å². The van der Waals surface area contributed by atoms with Gasteiger partial charge < -0.3 is 5.73 Å². The largest absolute Gasteiger partial charge is 0.325 e. The van der Waals surface area contributed by atoms with E-state index in [0.717, 1.165) is 37.5 Å². The third-order valence-electron chi connectivity index (χ3n) is 4.18. The molecule has 0 saturated heterocycles. The first kappa shape index (κ1) is 12.6. The maximum Gasteiger partial charge on any atom is 0.138 e. The summed E-state index contributed by atoms with van der Waals surface area (Å²) in [5.74, 6) is 1.93. The van der Waals surface area contributed by atoms with Crippen LogP contribution in [0, 0.1) is 5.92 Å². The molecule has 0 spiro atoms. The fourth-order valence-electron chi connectivity index (χ4n) is 2.84. The van der Waals surface area contributed by atoms with E-state index in [4.69, 9.17) is 5.73 Å². The van der Waals surface area contributed by atoms with Crippen LogP contribution in [0.3, 0.4) is 0 Å². The van der Waals surface area contributed by atoms with Crippen LogP contribution in [0.1, 0.15) is 51.8 Å². The van der Waals surface area contributed by atoms with Crippen molar-refractivity contribution in [1.82, 2.24) is 14.8 Å². The molecule has 1 aromatic heterocycles. The normalized spacial score (nSPS) is 29.5. The van der Waals surface area contributed by atoms with E-state index in [9.17, 15) is 0 Å². The monoisotopic (exact) mass is 236 g/mol. The first-order valence-electron chi connectivity index (χ1n) is 6.82. The van der Waals surface area contributed by atoms with Crippen LogP contribution in [0.25, 0.3) is 0 Å². The molecule has 1 heterocycles. The van der Waals surface area contributed by atoms with Crippen LogP contribution in [-0.4, -0.2) is 20.3 Å². The van der Waals surface area contributed by atoms with Crippen molar-refractivity contribution in [3.05, 3.63) is 12.2 Å². The van der Waals surface area contributed by atoms with Crippen molar-refractivity contribution in [1.29, 1.82) is 0 Å². The van der Waals surface area contributed by atoms with Gasteiger partial charge in [-0.1, -0.05) is 13.3 Å². The molecule has 0 atom stereocenters. The molecular formula is C13H24N4. The van der Waals surface area contributed by atoms with Crippen LogP contribution in [-0.2, 0) is 13.0 Å². The summed E-state index contributed by atoms with van der Waals surface area (Å²) < 4.78 is 1.96. The fourth-order valence-corrected chi connectivity index (χ4v) is 2.84. The molecule has 2 N–H and O–H groups in total. The zero-order chi connectivity index (χ0) is 12.3. The summed E-state index contributed by atoms with van der Waals surface area (Å²) in [7, 11) is 0. The lowest BCUT2D eigenvalue weighted by atomic mass is 9.74. The maximum atomic E-state index is 6.51. The third-order valence-corrected chi connectivity index (χ3v) is 4.18. The Morgan fingerprint density at radius 3 is 2.71 bits per heavy atom. The molecule has 2 rings (SSSR count). The molecular weight excluding hydrogens is 212 g/mol. The summed E-state index contributed by atoms with van der Waals surface area (Å²) in [6, 6.07) is 0. The lowest BCUT2D eigenvalue weighted by molar-refractivity contribution is 0.224. The Morgan fingerprint density at radius 2 is 2.12 bits per heavy atom. The van der Waals surface area contributed by atoms with Gasteiger partial charge in [-0.05, 0) is 38.5 Å². The van der Waals surface area contributed by atoms with Gasteiger partial charge in [-0.3, -0.25) is 4.68 Å². The average Bonchev–Trinajstić information content (AvgIpc) is 2.77. The van der Waals surface area contributed by atoms with Crippen LogP contribution in [0.15, 0.2) is 6.33 Å². The summed E-state index contributed by atoms with van der Waals surface area (Å²) in [6.45, 7) is 5.25. The number of aryl methyl sites for hydroxylation is 1.